The molecular formula is C6H4F3NOS. The molecule has 0 aliphatic rings. The molecule has 0 radical (unpaired) electrons. The summed E-state index contributed by atoms with van der Waals surface area (Å²) in [6.07, 6.45) is -4.03. The molecule has 0 spiro atoms. The van der Waals surface area contributed by atoms with E-state index < -0.39 is 18.4 Å². The number of carbonyl (C=O) groups excluding carboxylic acids is 1. The van der Waals surface area contributed by atoms with Crippen molar-refractivity contribution >= 4 is 17.1 Å². The Morgan fingerprint density at radius 2 is 2.25 bits per heavy atom. The lowest BCUT2D eigenvalue weighted by Gasteiger charge is -2.01. The molecule has 1 rings (SSSR count). The van der Waals surface area contributed by atoms with Crippen molar-refractivity contribution in [1.29, 1.82) is 0 Å². The van der Waals surface area contributed by atoms with Crippen LogP contribution in [0.5, 0.6) is 0 Å². The molecule has 66 valence electrons. The molecule has 0 aromatic carbocycles. The number of thiazole rings is 1. The van der Waals surface area contributed by atoms with Crippen molar-refractivity contribution in [2.24, 2.45) is 0 Å². The molecule has 0 N–H and O–H groups in total. The number of ketones is 1. The third-order valence-corrected chi connectivity index (χ3v) is 1.89. The Labute approximate surface area is 70.0 Å². The average Bonchev–Trinajstić information content (AvgIpc) is 2.37. The van der Waals surface area contributed by atoms with Crippen LogP contribution in [0.25, 0.3) is 0 Å². The van der Waals surface area contributed by atoms with Gasteiger partial charge in [-0.25, -0.2) is 4.98 Å². The number of hydrogen-bond donors (Lipinski definition) is 0. The van der Waals surface area contributed by atoms with Crippen LogP contribution in [0.4, 0.5) is 13.2 Å². The monoisotopic (exact) mass is 195 g/mol. The highest BCUT2D eigenvalue weighted by atomic mass is 32.1. The van der Waals surface area contributed by atoms with E-state index in [0.29, 0.717) is 0 Å². The molecule has 0 bridgehead atoms. The Balaban J connectivity index is 2.60. The smallest absolute Gasteiger partial charge is 0.289 e. The second-order valence-corrected chi connectivity index (χ2v) is 3.00. The largest absolute Gasteiger partial charge is 0.450 e. The summed E-state index contributed by atoms with van der Waals surface area (Å²) in [5, 5.41) is 1.72. The van der Waals surface area contributed by atoms with Gasteiger partial charge in [-0.2, -0.15) is 13.2 Å². The molecule has 2 nitrogen and oxygen atoms in total. The van der Waals surface area contributed by atoms with Crippen molar-refractivity contribution in [3.8, 4) is 0 Å². The molecule has 0 amide bonds. The molecule has 1 heterocycles. The zero-order valence-corrected chi connectivity index (χ0v) is 6.58. The summed E-state index contributed by atoms with van der Waals surface area (Å²) in [5.41, 5.74) is 0. The van der Waals surface area contributed by atoms with Crippen LogP contribution in [0.3, 0.4) is 0 Å². The second kappa shape index (κ2) is 3.22. The molecule has 0 unspecified atom stereocenters. The highest BCUT2D eigenvalue weighted by Gasteiger charge is 2.38. The Bertz CT molecular complexity index is 267. The van der Waals surface area contributed by atoms with Crippen LogP contribution in [-0.2, 0) is 11.2 Å². The van der Waals surface area contributed by atoms with Gasteiger partial charge in [-0.15, -0.1) is 11.3 Å². The lowest BCUT2D eigenvalue weighted by molar-refractivity contribution is -0.170. The zero-order valence-electron chi connectivity index (χ0n) is 5.76. The number of Topliss-reactive ketones (excluding diaryl/α,β-unsaturated/α-hetero) is 1. The van der Waals surface area contributed by atoms with E-state index in [0.717, 1.165) is 11.3 Å². The van der Waals surface area contributed by atoms with E-state index >= 15 is 0 Å². The third-order valence-electron chi connectivity index (χ3n) is 1.11. The molecule has 0 saturated heterocycles. The minimum atomic E-state index is -4.74. The Morgan fingerprint density at radius 3 is 2.67 bits per heavy atom. The summed E-state index contributed by atoms with van der Waals surface area (Å²) >= 11 is 1.04. The standard InChI is InChI=1S/C6H4F3NOS/c7-6(8,9)4(11)3-5-10-1-2-12-5/h1-2H,3H2. The van der Waals surface area contributed by atoms with Crippen LogP contribution in [0.2, 0.25) is 0 Å². The summed E-state index contributed by atoms with van der Waals surface area (Å²) < 4.78 is 35.0. The summed E-state index contributed by atoms with van der Waals surface area (Å²) in [4.78, 5) is 13.9. The first-order valence-corrected chi connectivity index (χ1v) is 3.86. The average molecular weight is 195 g/mol. The topological polar surface area (TPSA) is 30.0 Å². The quantitative estimate of drug-likeness (QED) is 0.720. The fourth-order valence-electron chi connectivity index (χ4n) is 0.578. The number of rotatable bonds is 2. The highest BCUT2D eigenvalue weighted by Crippen LogP contribution is 2.19. The maximum Gasteiger partial charge on any atom is 0.450 e. The van der Waals surface area contributed by atoms with E-state index in [1.165, 1.54) is 11.6 Å². The van der Waals surface area contributed by atoms with Gasteiger partial charge in [-0.1, -0.05) is 0 Å². The molecule has 0 atom stereocenters. The SMILES string of the molecule is O=C(Cc1nccs1)C(F)(F)F. The fourth-order valence-corrected chi connectivity index (χ4v) is 1.19. The zero-order chi connectivity index (χ0) is 9.19. The molecule has 6 heteroatoms. The predicted molar refractivity (Wildman–Crippen MR) is 36.9 cm³/mol. The van der Waals surface area contributed by atoms with Gasteiger partial charge < -0.3 is 0 Å². The van der Waals surface area contributed by atoms with Crippen LogP contribution in [0.15, 0.2) is 11.6 Å². The minimum Gasteiger partial charge on any atom is -0.289 e. The molecular weight excluding hydrogens is 191 g/mol. The maximum absolute atomic E-state index is 11.7. The van der Waals surface area contributed by atoms with Crippen molar-refractivity contribution in [3.63, 3.8) is 0 Å². The predicted octanol–water partition coefficient (Wildman–Crippen LogP) is 1.82. The number of aromatic nitrogens is 1. The van der Waals surface area contributed by atoms with E-state index in [1.807, 2.05) is 0 Å². The first-order chi connectivity index (χ1) is 5.50. The minimum absolute atomic E-state index is 0.192. The number of nitrogens with zero attached hydrogens (tertiary/aromatic N) is 1. The normalized spacial score (nSPS) is 11.6. The van der Waals surface area contributed by atoms with E-state index in [9.17, 15) is 18.0 Å². The van der Waals surface area contributed by atoms with Crippen LogP contribution < -0.4 is 0 Å². The first kappa shape index (κ1) is 9.18. The summed E-state index contributed by atoms with van der Waals surface area (Å²) in [7, 11) is 0. The van der Waals surface area contributed by atoms with Crippen LogP contribution in [-0.4, -0.2) is 16.9 Å². The Hall–Kier alpha value is -0.910. The molecule has 1 aromatic rings. The Morgan fingerprint density at radius 1 is 1.58 bits per heavy atom. The first-order valence-electron chi connectivity index (χ1n) is 2.98. The van der Waals surface area contributed by atoms with Crippen molar-refractivity contribution in [1.82, 2.24) is 4.98 Å². The maximum atomic E-state index is 11.7. The molecule has 12 heavy (non-hydrogen) atoms. The van der Waals surface area contributed by atoms with Crippen LogP contribution in [0.1, 0.15) is 5.01 Å². The van der Waals surface area contributed by atoms with E-state index in [1.54, 1.807) is 0 Å². The highest BCUT2D eigenvalue weighted by molar-refractivity contribution is 7.09. The van der Waals surface area contributed by atoms with Gasteiger partial charge in [-0.3, -0.25) is 4.79 Å². The van der Waals surface area contributed by atoms with Gasteiger partial charge in [-0.05, 0) is 0 Å². The lowest BCUT2D eigenvalue weighted by atomic mass is 10.3. The lowest BCUT2D eigenvalue weighted by Crippen LogP contribution is -2.24. The van der Waals surface area contributed by atoms with Crippen molar-refractivity contribution in [2.45, 2.75) is 12.6 Å². The van der Waals surface area contributed by atoms with E-state index in [2.05, 4.69) is 4.98 Å². The van der Waals surface area contributed by atoms with E-state index in [4.69, 9.17) is 0 Å². The fraction of sp³-hybridized carbons (Fsp3) is 0.333. The number of halogens is 3. The summed E-state index contributed by atoms with van der Waals surface area (Å²) in [5.74, 6) is -1.75. The van der Waals surface area contributed by atoms with Gasteiger partial charge in [0.05, 0.1) is 6.42 Å². The van der Waals surface area contributed by atoms with Crippen molar-refractivity contribution in [2.75, 3.05) is 0 Å². The number of hydrogen-bond acceptors (Lipinski definition) is 3. The van der Waals surface area contributed by atoms with Gasteiger partial charge >= 0.3 is 6.18 Å². The second-order valence-electron chi connectivity index (χ2n) is 2.02. The number of alkyl halides is 3. The van der Waals surface area contributed by atoms with Gasteiger partial charge in [0, 0.05) is 11.6 Å². The van der Waals surface area contributed by atoms with E-state index in [-0.39, 0.29) is 5.01 Å². The van der Waals surface area contributed by atoms with Gasteiger partial charge in [0.2, 0.25) is 5.78 Å². The molecule has 0 aliphatic heterocycles. The third kappa shape index (κ3) is 2.30. The molecule has 1 aromatic heterocycles. The van der Waals surface area contributed by atoms with Gasteiger partial charge in [0.25, 0.3) is 0 Å². The van der Waals surface area contributed by atoms with Crippen molar-refractivity contribution in [3.05, 3.63) is 16.6 Å². The van der Waals surface area contributed by atoms with Crippen LogP contribution >= 0.6 is 11.3 Å². The molecule has 0 saturated carbocycles. The van der Waals surface area contributed by atoms with Gasteiger partial charge in [0.1, 0.15) is 5.01 Å². The summed E-state index contributed by atoms with van der Waals surface area (Å²) in [6.45, 7) is 0. The van der Waals surface area contributed by atoms with Crippen LogP contribution in [0, 0.1) is 0 Å². The van der Waals surface area contributed by atoms with Crippen molar-refractivity contribution < 1.29 is 18.0 Å². The molecule has 0 aliphatic carbocycles. The van der Waals surface area contributed by atoms with Gasteiger partial charge in [0.15, 0.2) is 0 Å². The number of carbonyl (C=O) groups is 1. The molecule has 0 fully saturated rings. The summed E-state index contributed by atoms with van der Waals surface area (Å²) in [6, 6.07) is 0. The Kier molecular flexibility index (Phi) is 2.46.